The summed E-state index contributed by atoms with van der Waals surface area (Å²) in [6, 6.07) is 6.07. The van der Waals surface area contributed by atoms with Crippen molar-refractivity contribution in [3.63, 3.8) is 0 Å². The maximum absolute atomic E-state index is 6.10. The molecule has 4 nitrogen and oxygen atoms in total. The molecule has 1 aromatic rings. The van der Waals surface area contributed by atoms with Crippen molar-refractivity contribution in [2.24, 2.45) is 0 Å². The van der Waals surface area contributed by atoms with E-state index in [1.807, 2.05) is 19.1 Å². The zero-order valence-electron chi connectivity index (χ0n) is 13.2. The summed E-state index contributed by atoms with van der Waals surface area (Å²) in [5.41, 5.74) is 2.47. The Morgan fingerprint density at radius 2 is 1.52 bits per heavy atom. The molecule has 2 heterocycles. The molecule has 0 unspecified atom stereocenters. The quantitative estimate of drug-likeness (QED) is 0.784. The van der Waals surface area contributed by atoms with Gasteiger partial charge in [0.15, 0.2) is 0 Å². The monoisotopic (exact) mass is 288 g/mol. The van der Waals surface area contributed by atoms with Crippen LogP contribution in [-0.2, 0) is 18.8 Å². The molecule has 1 aromatic carbocycles. The zero-order chi connectivity index (χ0) is 15.3. The minimum atomic E-state index is -0.351. The van der Waals surface area contributed by atoms with E-state index in [0.29, 0.717) is 0 Å². The molecule has 1 fully saturated rings. The first kappa shape index (κ1) is 14.5. The third kappa shape index (κ3) is 2.45. The van der Waals surface area contributed by atoms with Crippen LogP contribution >= 0.6 is 0 Å². The SMILES string of the molecule is Cc1cc(C2OC=CO2)ccc1B1OC(C)(C)C(C)(C)O1. The molecule has 5 heteroatoms. The normalized spacial score (nSPS) is 23.2. The van der Waals surface area contributed by atoms with Gasteiger partial charge in [0, 0.05) is 5.56 Å². The summed E-state index contributed by atoms with van der Waals surface area (Å²) >= 11 is 0. The lowest BCUT2D eigenvalue weighted by Crippen LogP contribution is -2.41. The molecular formula is C16H21BO4. The minimum Gasteiger partial charge on any atom is -0.455 e. The molecule has 0 N–H and O–H groups in total. The van der Waals surface area contributed by atoms with Crippen LogP contribution in [0.5, 0.6) is 0 Å². The molecule has 0 bridgehead atoms. The zero-order valence-corrected chi connectivity index (χ0v) is 13.2. The van der Waals surface area contributed by atoms with Gasteiger partial charge in [0.25, 0.3) is 6.29 Å². The molecule has 0 aliphatic carbocycles. The van der Waals surface area contributed by atoms with E-state index in [-0.39, 0.29) is 24.6 Å². The Morgan fingerprint density at radius 3 is 2.05 bits per heavy atom. The Labute approximate surface area is 126 Å². The largest absolute Gasteiger partial charge is 0.495 e. The van der Waals surface area contributed by atoms with E-state index in [0.717, 1.165) is 16.6 Å². The van der Waals surface area contributed by atoms with E-state index >= 15 is 0 Å². The van der Waals surface area contributed by atoms with Gasteiger partial charge in [-0.25, -0.2) is 0 Å². The molecule has 0 aromatic heterocycles. The summed E-state index contributed by atoms with van der Waals surface area (Å²) in [5, 5.41) is 0. The van der Waals surface area contributed by atoms with E-state index < -0.39 is 0 Å². The number of hydrogen-bond donors (Lipinski definition) is 0. The summed E-state index contributed by atoms with van der Waals surface area (Å²) < 4.78 is 22.9. The van der Waals surface area contributed by atoms with E-state index in [2.05, 4.69) is 33.8 Å². The molecule has 3 rings (SSSR count). The van der Waals surface area contributed by atoms with E-state index in [1.54, 1.807) is 12.5 Å². The van der Waals surface area contributed by atoms with Crippen molar-refractivity contribution >= 4 is 12.6 Å². The van der Waals surface area contributed by atoms with Crippen molar-refractivity contribution in [1.82, 2.24) is 0 Å². The fourth-order valence-electron chi connectivity index (χ4n) is 2.48. The Kier molecular flexibility index (Phi) is 3.30. The lowest BCUT2D eigenvalue weighted by molar-refractivity contribution is -0.0246. The fraction of sp³-hybridized carbons (Fsp3) is 0.500. The molecule has 0 radical (unpaired) electrons. The van der Waals surface area contributed by atoms with Crippen LogP contribution in [0.3, 0.4) is 0 Å². The van der Waals surface area contributed by atoms with Gasteiger partial charge in [-0.3, -0.25) is 0 Å². The predicted octanol–water partition coefficient (Wildman–Crippen LogP) is 2.81. The average Bonchev–Trinajstić information content (AvgIpc) is 2.96. The summed E-state index contributed by atoms with van der Waals surface area (Å²) in [5.74, 6) is 0. The van der Waals surface area contributed by atoms with Crippen LogP contribution in [-0.4, -0.2) is 18.3 Å². The lowest BCUT2D eigenvalue weighted by atomic mass is 9.76. The number of benzene rings is 1. The van der Waals surface area contributed by atoms with Gasteiger partial charge in [0.1, 0.15) is 12.5 Å². The maximum atomic E-state index is 6.10. The first-order valence-electron chi connectivity index (χ1n) is 7.22. The van der Waals surface area contributed by atoms with Gasteiger partial charge in [-0.2, -0.15) is 0 Å². The molecule has 2 aliphatic rings. The predicted molar refractivity (Wildman–Crippen MR) is 80.9 cm³/mol. The molecule has 0 spiro atoms. The van der Waals surface area contributed by atoms with Gasteiger partial charge in [0.2, 0.25) is 0 Å². The van der Waals surface area contributed by atoms with Crippen molar-refractivity contribution in [3.8, 4) is 0 Å². The van der Waals surface area contributed by atoms with Crippen LogP contribution in [0.1, 0.15) is 45.1 Å². The van der Waals surface area contributed by atoms with Gasteiger partial charge >= 0.3 is 7.12 Å². The highest BCUT2D eigenvalue weighted by Crippen LogP contribution is 2.36. The second-order valence-corrected chi connectivity index (χ2v) is 6.58. The van der Waals surface area contributed by atoms with Crippen molar-refractivity contribution in [2.75, 3.05) is 0 Å². The van der Waals surface area contributed by atoms with Crippen molar-refractivity contribution in [2.45, 2.75) is 52.1 Å². The van der Waals surface area contributed by atoms with E-state index in [1.165, 1.54) is 0 Å². The van der Waals surface area contributed by atoms with Crippen LogP contribution in [0.2, 0.25) is 0 Å². The molecule has 0 saturated carbocycles. The molecule has 21 heavy (non-hydrogen) atoms. The van der Waals surface area contributed by atoms with Crippen LogP contribution in [0.25, 0.3) is 0 Å². The Balaban J connectivity index is 1.84. The molecule has 2 aliphatic heterocycles. The molecular weight excluding hydrogens is 267 g/mol. The summed E-state index contributed by atoms with van der Waals surface area (Å²) in [7, 11) is -0.340. The topological polar surface area (TPSA) is 36.9 Å². The van der Waals surface area contributed by atoms with Gasteiger partial charge in [-0.15, -0.1) is 0 Å². The van der Waals surface area contributed by atoms with Gasteiger partial charge in [-0.05, 0) is 46.1 Å². The summed E-state index contributed by atoms with van der Waals surface area (Å²) in [4.78, 5) is 0. The highest BCUT2D eigenvalue weighted by atomic mass is 16.7. The number of aryl methyl sites for hydroxylation is 1. The van der Waals surface area contributed by atoms with Gasteiger partial charge < -0.3 is 18.8 Å². The standard InChI is InChI=1S/C16H21BO4/c1-11-10-12(14-18-8-9-19-14)6-7-13(11)17-20-15(2,3)16(4,5)21-17/h6-10,14H,1-5H3. The lowest BCUT2D eigenvalue weighted by Gasteiger charge is -2.32. The first-order chi connectivity index (χ1) is 9.80. The Morgan fingerprint density at radius 1 is 0.952 bits per heavy atom. The number of ether oxygens (including phenoxy) is 2. The average molecular weight is 288 g/mol. The minimum absolute atomic E-state index is 0.329. The number of rotatable bonds is 2. The third-order valence-electron chi connectivity index (χ3n) is 4.53. The highest BCUT2D eigenvalue weighted by Gasteiger charge is 2.52. The van der Waals surface area contributed by atoms with Gasteiger partial charge in [0.05, 0.1) is 11.2 Å². The van der Waals surface area contributed by atoms with Crippen LogP contribution < -0.4 is 5.46 Å². The van der Waals surface area contributed by atoms with Gasteiger partial charge in [-0.1, -0.05) is 17.7 Å². The molecule has 0 atom stereocenters. The molecule has 112 valence electrons. The highest BCUT2D eigenvalue weighted by molar-refractivity contribution is 6.62. The molecule has 0 amide bonds. The van der Waals surface area contributed by atoms with Crippen molar-refractivity contribution in [1.29, 1.82) is 0 Å². The third-order valence-corrected chi connectivity index (χ3v) is 4.53. The van der Waals surface area contributed by atoms with Crippen LogP contribution in [0.15, 0.2) is 30.7 Å². The van der Waals surface area contributed by atoms with Crippen LogP contribution in [0, 0.1) is 6.92 Å². The summed E-state index contributed by atoms with van der Waals surface area (Å²) in [6.07, 6.45) is 2.76. The second-order valence-electron chi connectivity index (χ2n) is 6.58. The first-order valence-corrected chi connectivity index (χ1v) is 7.22. The smallest absolute Gasteiger partial charge is 0.455 e. The molecule has 1 saturated heterocycles. The van der Waals surface area contributed by atoms with E-state index in [4.69, 9.17) is 18.8 Å². The van der Waals surface area contributed by atoms with E-state index in [9.17, 15) is 0 Å². The van der Waals surface area contributed by atoms with Crippen molar-refractivity contribution < 1.29 is 18.8 Å². The Bertz CT molecular complexity index is 556. The fourth-order valence-corrected chi connectivity index (χ4v) is 2.48. The number of hydrogen-bond acceptors (Lipinski definition) is 4. The van der Waals surface area contributed by atoms with Crippen LogP contribution in [0.4, 0.5) is 0 Å². The maximum Gasteiger partial charge on any atom is 0.495 e. The second kappa shape index (κ2) is 4.78. The summed E-state index contributed by atoms with van der Waals surface area (Å²) in [6.45, 7) is 10.3. The Hall–Kier alpha value is -1.46. The van der Waals surface area contributed by atoms with Crippen molar-refractivity contribution in [3.05, 3.63) is 41.9 Å².